The third-order valence-corrected chi connectivity index (χ3v) is 6.62. The van der Waals surface area contributed by atoms with Crippen molar-refractivity contribution in [2.24, 2.45) is 4.99 Å². The van der Waals surface area contributed by atoms with Crippen LogP contribution in [0.3, 0.4) is 0 Å². The summed E-state index contributed by atoms with van der Waals surface area (Å²) >= 11 is 0. The van der Waals surface area contributed by atoms with Crippen LogP contribution in [0.25, 0.3) is 11.2 Å². The normalized spacial score (nSPS) is 15.8. The van der Waals surface area contributed by atoms with Crippen molar-refractivity contribution < 1.29 is 22.8 Å². The van der Waals surface area contributed by atoms with Crippen LogP contribution in [-0.2, 0) is 4.79 Å². The van der Waals surface area contributed by atoms with Crippen molar-refractivity contribution in [3.05, 3.63) is 59.7 Å². The molecule has 1 saturated heterocycles. The van der Waals surface area contributed by atoms with E-state index in [2.05, 4.69) is 25.6 Å². The minimum Gasteiger partial charge on any atom is -0.343 e. The van der Waals surface area contributed by atoms with E-state index < -0.39 is 11.9 Å². The van der Waals surface area contributed by atoms with Gasteiger partial charge in [0.2, 0.25) is 5.91 Å². The van der Waals surface area contributed by atoms with Crippen molar-refractivity contribution in [1.82, 2.24) is 24.6 Å². The molecule has 0 radical (unpaired) electrons. The van der Waals surface area contributed by atoms with Gasteiger partial charge in [-0.2, -0.15) is 13.2 Å². The summed E-state index contributed by atoms with van der Waals surface area (Å²) in [5.74, 6) is -0.0923. The number of fused-ring (bicyclic) bond motifs is 1. The number of benzene rings is 1. The molecule has 4 heterocycles. The SMILES string of the molecule is Cc1cc(Nc2nccn3c(C4=CCN=C4C(F)(F)F)cnc23)ccc1C(=O)NCC(=O)N1CCCCC1. The number of allylic oxidation sites excluding steroid dienone is 1. The summed E-state index contributed by atoms with van der Waals surface area (Å²) in [5, 5.41) is 5.84. The molecule has 198 valence electrons. The maximum atomic E-state index is 13.4. The number of aryl methyl sites for hydroxylation is 1. The lowest BCUT2D eigenvalue weighted by Gasteiger charge is -2.26. The van der Waals surface area contributed by atoms with Gasteiger partial charge in [-0.15, -0.1) is 0 Å². The Morgan fingerprint density at radius 1 is 1.11 bits per heavy atom. The zero-order valence-electron chi connectivity index (χ0n) is 20.7. The van der Waals surface area contributed by atoms with Crippen LogP contribution in [0.2, 0.25) is 0 Å². The van der Waals surface area contributed by atoms with E-state index in [4.69, 9.17) is 0 Å². The van der Waals surface area contributed by atoms with Gasteiger partial charge in [0.1, 0.15) is 5.71 Å². The molecule has 0 saturated carbocycles. The Bertz CT molecular complexity index is 1450. The van der Waals surface area contributed by atoms with Gasteiger partial charge in [0, 0.05) is 42.3 Å². The number of aromatic nitrogens is 3. The number of amides is 2. The predicted molar refractivity (Wildman–Crippen MR) is 137 cm³/mol. The third kappa shape index (κ3) is 5.11. The molecular formula is C26H26F3N7O2. The van der Waals surface area contributed by atoms with Gasteiger partial charge >= 0.3 is 6.18 Å². The standard InChI is InChI=1S/C26H26F3N7O2/c1-16-13-17(5-6-18(16)25(38)33-15-21(37)35-10-3-2-4-11-35)34-23-24-32-14-20(36(24)12-9-31-23)19-7-8-30-22(19)26(27,28)29/h5-7,9,12-14H,2-4,8,10-11,15H2,1H3,(H,31,34)(H,33,38). The van der Waals surface area contributed by atoms with Gasteiger partial charge in [0.15, 0.2) is 11.5 Å². The van der Waals surface area contributed by atoms with Crippen LogP contribution in [0.5, 0.6) is 0 Å². The summed E-state index contributed by atoms with van der Waals surface area (Å²) in [5.41, 5.74) is 1.39. The molecule has 2 aromatic heterocycles. The lowest BCUT2D eigenvalue weighted by molar-refractivity contribution is -0.130. The van der Waals surface area contributed by atoms with Crippen LogP contribution in [0.1, 0.15) is 40.9 Å². The van der Waals surface area contributed by atoms with Crippen LogP contribution in [0, 0.1) is 6.92 Å². The average molecular weight is 526 g/mol. The molecule has 38 heavy (non-hydrogen) atoms. The summed E-state index contributed by atoms with van der Waals surface area (Å²) in [7, 11) is 0. The van der Waals surface area contributed by atoms with Crippen LogP contribution < -0.4 is 10.6 Å². The highest BCUT2D eigenvalue weighted by Gasteiger charge is 2.40. The van der Waals surface area contributed by atoms with E-state index in [-0.39, 0.29) is 36.2 Å². The predicted octanol–water partition coefficient (Wildman–Crippen LogP) is 3.92. The topological polar surface area (TPSA) is 104 Å². The van der Waals surface area contributed by atoms with E-state index in [0.717, 1.165) is 32.4 Å². The number of imidazole rings is 1. The maximum Gasteiger partial charge on any atom is 0.433 e. The van der Waals surface area contributed by atoms with Crippen molar-refractivity contribution in [1.29, 1.82) is 0 Å². The van der Waals surface area contributed by atoms with Crippen molar-refractivity contribution >= 4 is 40.3 Å². The highest BCUT2D eigenvalue weighted by molar-refractivity contribution is 6.27. The first-order valence-corrected chi connectivity index (χ1v) is 12.3. The minimum absolute atomic E-state index is 0.0212. The Labute approximate surface area is 216 Å². The summed E-state index contributed by atoms with van der Waals surface area (Å²) in [6, 6.07) is 5.09. The number of hydrogen-bond donors (Lipinski definition) is 2. The molecule has 0 bridgehead atoms. The van der Waals surface area contributed by atoms with E-state index in [1.54, 1.807) is 36.2 Å². The summed E-state index contributed by atoms with van der Waals surface area (Å²) in [4.78, 5) is 39.0. The highest BCUT2D eigenvalue weighted by Crippen LogP contribution is 2.32. The molecule has 0 aliphatic carbocycles. The molecule has 2 aliphatic rings. The molecule has 2 N–H and O–H groups in total. The zero-order chi connectivity index (χ0) is 26.9. The molecule has 0 spiro atoms. The molecule has 2 amide bonds. The fourth-order valence-electron chi connectivity index (χ4n) is 4.72. The molecular weight excluding hydrogens is 499 g/mol. The Morgan fingerprint density at radius 3 is 2.63 bits per heavy atom. The second-order valence-corrected chi connectivity index (χ2v) is 9.20. The molecule has 3 aromatic rings. The number of carbonyl (C=O) groups excluding carboxylic acids is 2. The number of carbonyl (C=O) groups is 2. The first-order chi connectivity index (χ1) is 18.2. The first kappa shape index (κ1) is 25.4. The number of nitrogens with zero attached hydrogens (tertiary/aromatic N) is 5. The number of aliphatic imine (C=N–C) groups is 1. The van der Waals surface area contributed by atoms with Gasteiger partial charge in [-0.25, -0.2) is 9.97 Å². The number of piperidine rings is 1. The first-order valence-electron chi connectivity index (χ1n) is 12.3. The average Bonchev–Trinajstić information content (AvgIpc) is 3.55. The van der Waals surface area contributed by atoms with Gasteiger partial charge < -0.3 is 15.5 Å². The Morgan fingerprint density at radius 2 is 1.89 bits per heavy atom. The lowest BCUT2D eigenvalue weighted by atomic mass is 10.1. The van der Waals surface area contributed by atoms with Crippen molar-refractivity contribution in [2.75, 3.05) is 31.5 Å². The smallest absolute Gasteiger partial charge is 0.343 e. The van der Waals surface area contributed by atoms with Gasteiger partial charge in [-0.05, 0) is 49.9 Å². The van der Waals surface area contributed by atoms with Gasteiger partial charge in [-0.3, -0.25) is 19.0 Å². The molecule has 9 nitrogen and oxygen atoms in total. The number of nitrogens with one attached hydrogen (secondary N) is 2. The number of rotatable bonds is 6. The molecule has 2 aliphatic heterocycles. The fourth-order valence-corrected chi connectivity index (χ4v) is 4.72. The maximum absolute atomic E-state index is 13.4. The molecule has 1 fully saturated rings. The van der Waals surface area contributed by atoms with Crippen LogP contribution in [0.4, 0.5) is 24.7 Å². The van der Waals surface area contributed by atoms with Gasteiger partial charge in [0.05, 0.1) is 25.0 Å². The fraction of sp³-hybridized carbons (Fsp3) is 0.346. The monoisotopic (exact) mass is 525 g/mol. The second-order valence-electron chi connectivity index (χ2n) is 9.20. The number of anilines is 2. The summed E-state index contributed by atoms with van der Waals surface area (Å²) in [6.45, 7) is 3.13. The molecule has 1 aromatic carbocycles. The second kappa shape index (κ2) is 10.3. The van der Waals surface area contributed by atoms with Crippen LogP contribution >= 0.6 is 0 Å². The van der Waals surface area contributed by atoms with E-state index in [1.807, 2.05) is 0 Å². The van der Waals surface area contributed by atoms with E-state index in [1.165, 1.54) is 22.9 Å². The lowest BCUT2D eigenvalue weighted by Crippen LogP contribution is -2.42. The summed E-state index contributed by atoms with van der Waals surface area (Å²) < 4.78 is 41.7. The Kier molecular flexibility index (Phi) is 6.87. The van der Waals surface area contributed by atoms with Crippen molar-refractivity contribution in [2.45, 2.75) is 32.4 Å². The Balaban J connectivity index is 1.30. The molecule has 0 unspecified atom stereocenters. The third-order valence-electron chi connectivity index (χ3n) is 6.62. The molecule has 5 rings (SSSR count). The minimum atomic E-state index is -4.56. The van der Waals surface area contributed by atoms with Gasteiger partial charge in [-0.1, -0.05) is 6.08 Å². The molecule has 12 heteroatoms. The van der Waals surface area contributed by atoms with Crippen molar-refractivity contribution in [3.8, 4) is 0 Å². The number of likely N-dealkylation sites (tertiary alicyclic amines) is 1. The number of hydrogen-bond acceptors (Lipinski definition) is 6. The van der Waals surface area contributed by atoms with Crippen molar-refractivity contribution in [3.63, 3.8) is 0 Å². The van der Waals surface area contributed by atoms with Crippen LogP contribution in [-0.4, -0.2) is 69.1 Å². The van der Waals surface area contributed by atoms with E-state index in [9.17, 15) is 22.8 Å². The molecule has 0 atom stereocenters. The van der Waals surface area contributed by atoms with E-state index >= 15 is 0 Å². The summed E-state index contributed by atoms with van der Waals surface area (Å²) in [6.07, 6.45) is 4.32. The quantitative estimate of drug-likeness (QED) is 0.508. The largest absolute Gasteiger partial charge is 0.433 e. The number of alkyl halides is 3. The van der Waals surface area contributed by atoms with E-state index in [0.29, 0.717) is 28.3 Å². The zero-order valence-corrected chi connectivity index (χ0v) is 20.7. The van der Waals surface area contributed by atoms with Gasteiger partial charge in [0.25, 0.3) is 5.91 Å². The van der Waals surface area contributed by atoms with Crippen LogP contribution in [0.15, 0.2) is 47.9 Å². The number of halogens is 3. The Hall–Kier alpha value is -4.22. The highest BCUT2D eigenvalue weighted by atomic mass is 19.4.